The van der Waals surface area contributed by atoms with E-state index < -0.39 is 120 Å². The van der Waals surface area contributed by atoms with Crippen LogP contribution in [-0.4, -0.2) is 39.8 Å². The van der Waals surface area contributed by atoms with Crippen LogP contribution >= 0.6 is 0 Å². The van der Waals surface area contributed by atoms with Gasteiger partial charge in [-0.05, 0) is 77.3 Å². The number of methoxy groups -OCH3 is 1. The summed E-state index contributed by atoms with van der Waals surface area (Å²) in [6, 6.07) is 40.9. The molecule has 1 atom stereocenters. The topological polar surface area (TPSA) is 26.3 Å². The molecule has 0 amide bonds. The van der Waals surface area contributed by atoms with Crippen LogP contribution in [0, 0.1) is 69.8 Å². The van der Waals surface area contributed by atoms with Gasteiger partial charge in [-0.15, -0.1) is 0 Å². The summed E-state index contributed by atoms with van der Waals surface area (Å²) in [5, 5.41) is 5.05. The van der Waals surface area contributed by atoms with E-state index in [0.717, 1.165) is 4.90 Å². The van der Waals surface area contributed by atoms with Crippen LogP contribution in [0.15, 0.2) is 132 Å². The molecule has 7 aromatic carbocycles. The van der Waals surface area contributed by atoms with E-state index in [0.29, 0.717) is 40.7 Å². The fourth-order valence-corrected chi connectivity index (χ4v) is 14.3. The van der Waals surface area contributed by atoms with E-state index in [9.17, 15) is 56.9 Å². The van der Waals surface area contributed by atoms with Crippen LogP contribution in [0.5, 0.6) is 0 Å². The first-order chi connectivity index (χ1) is 41.0. The minimum atomic E-state index is -2.12. The van der Waals surface area contributed by atoms with Gasteiger partial charge in [-0.3, -0.25) is 4.21 Å². The molecule has 492 valence electrons. The lowest BCUT2D eigenvalue weighted by Gasteiger charge is -2.37. The Hall–Kier alpha value is -5.76. The monoisotopic (exact) mass is 1310 g/mol. The molecule has 0 saturated heterocycles. The summed E-state index contributed by atoms with van der Waals surface area (Å²) in [4.78, 5) is 0.902. The third kappa shape index (κ3) is 23.8. The van der Waals surface area contributed by atoms with Gasteiger partial charge in [-0.2, -0.15) is 0 Å². The molecule has 89 heavy (non-hydrogen) atoms. The van der Waals surface area contributed by atoms with E-state index >= 15 is 0 Å². The quantitative estimate of drug-likeness (QED) is 0.0558. The average Bonchev–Trinajstić information content (AvgIpc) is 2.72. The molecular weight excluding hydrogens is 1210 g/mol. The van der Waals surface area contributed by atoms with Crippen molar-refractivity contribution in [2.75, 3.05) is 13.4 Å². The van der Waals surface area contributed by atoms with Crippen molar-refractivity contribution in [1.29, 1.82) is 0 Å². The molecule has 0 aromatic heterocycles. The van der Waals surface area contributed by atoms with Crippen LogP contribution < -0.4 is 15.6 Å². The Morgan fingerprint density at radius 2 is 0.708 bits per heavy atom. The van der Waals surface area contributed by atoms with Gasteiger partial charge < -0.3 is 4.74 Å². The first kappa shape index (κ1) is 81.3. The number of rotatable bonds is 11. The second kappa shape index (κ2) is 36.9. The van der Waals surface area contributed by atoms with Crippen molar-refractivity contribution in [2.24, 2.45) is 0 Å². The maximum Gasteiger partial charge on any atom is 0.200 e. The standard InChI is InChI=1S/C16H20Si.C15H26Si.C10H14OS.C9H7F5.C9H8F4.C9H9F3.C4H10O/c1-14(2)17(3,15-10-6-4-7-11-15)16-12-8-5-9-13-16;1-12(2)13-8-10-14(11-9-13)16(6,7)15(3,4)5;1-8(2)9-4-6-10(7-5-9)12(3)11;1-3(2)4-5(10)7(12)9(14)8(13)6(4)11;1-4(2)7-8(12)5(10)3-6(11)9(7)13;1-5(2)9-7(11)3-6(10)4-8(9)12;1-4(2)5-3/h4-14H,1-3H3;8-12H,1-7H3;4-8H,1-3H3;3H,1-2H3;3-4H,1-2H3;3-5H,1-2H3;4H,1-3H3. The summed E-state index contributed by atoms with van der Waals surface area (Å²) in [5.74, 6) is -17.7. The summed E-state index contributed by atoms with van der Waals surface area (Å²) < 4.78 is 169. The van der Waals surface area contributed by atoms with Crippen LogP contribution in [0.1, 0.15) is 175 Å². The molecule has 0 aliphatic carbocycles. The minimum Gasteiger partial charge on any atom is -0.382 e. The highest BCUT2D eigenvalue weighted by Gasteiger charge is 2.37. The van der Waals surface area contributed by atoms with Crippen molar-refractivity contribution < 1.29 is 61.6 Å². The summed E-state index contributed by atoms with van der Waals surface area (Å²) in [6.07, 6.45) is 2.08. The van der Waals surface area contributed by atoms with Gasteiger partial charge in [-0.1, -0.05) is 236 Å². The predicted molar refractivity (Wildman–Crippen MR) is 352 cm³/mol. The zero-order valence-electron chi connectivity index (χ0n) is 55.9. The molecule has 0 spiro atoms. The molecule has 0 saturated carbocycles. The van der Waals surface area contributed by atoms with E-state index in [1.165, 1.54) is 49.2 Å². The highest BCUT2D eigenvalue weighted by Crippen LogP contribution is 2.36. The first-order valence-corrected chi connectivity index (χ1v) is 36.8. The third-order valence-electron chi connectivity index (χ3n) is 15.6. The number of hydrogen-bond acceptors (Lipinski definition) is 2. The van der Waals surface area contributed by atoms with Gasteiger partial charge in [0.05, 0.1) is 14.2 Å². The Kier molecular flexibility index (Phi) is 33.7. The zero-order chi connectivity index (χ0) is 68.8. The van der Waals surface area contributed by atoms with Crippen LogP contribution in [0.2, 0.25) is 30.2 Å². The summed E-state index contributed by atoms with van der Waals surface area (Å²) >= 11 is 0. The largest absolute Gasteiger partial charge is 0.382 e. The number of ether oxygens (including phenoxy) is 1. The molecule has 7 aromatic rings. The molecule has 0 fully saturated rings. The lowest BCUT2D eigenvalue weighted by atomic mass is 10.0. The Morgan fingerprint density at radius 3 is 0.989 bits per heavy atom. The second-order valence-electron chi connectivity index (χ2n) is 25.3. The highest BCUT2D eigenvalue weighted by molar-refractivity contribution is 7.84. The van der Waals surface area contributed by atoms with Crippen LogP contribution in [0.4, 0.5) is 52.7 Å². The van der Waals surface area contributed by atoms with E-state index in [1.807, 2.05) is 38.1 Å². The number of halogens is 12. The molecule has 7 rings (SSSR count). The lowest BCUT2D eigenvalue weighted by molar-refractivity contribution is 0.134. The normalized spacial score (nSPS) is 11.8. The fourth-order valence-electron chi connectivity index (χ4n) is 8.50. The summed E-state index contributed by atoms with van der Waals surface area (Å²) in [7, 11) is -2.07. The molecule has 0 aliphatic heterocycles. The molecular formula is C72H94F12O2SSi2. The average molecular weight is 1310 g/mol. The molecule has 0 radical (unpaired) electrons. The molecule has 0 bridgehead atoms. The number of hydrogen-bond donors (Lipinski definition) is 0. The van der Waals surface area contributed by atoms with E-state index in [2.05, 4.69) is 167 Å². The summed E-state index contributed by atoms with van der Waals surface area (Å²) in [6.45, 7) is 40.9. The second-order valence-corrected chi connectivity index (χ2v) is 36.7. The van der Waals surface area contributed by atoms with Gasteiger partial charge in [0.25, 0.3) is 0 Å². The third-order valence-corrected chi connectivity index (χ3v) is 27.4. The van der Waals surface area contributed by atoms with E-state index in [4.69, 9.17) is 4.74 Å². The predicted octanol–water partition coefficient (Wildman–Crippen LogP) is 21.5. The molecule has 1 unspecified atom stereocenters. The molecule has 17 heteroatoms. The van der Waals surface area contributed by atoms with Gasteiger partial charge in [0.1, 0.15) is 25.5 Å². The molecule has 0 N–H and O–H groups in total. The van der Waals surface area contributed by atoms with E-state index in [1.54, 1.807) is 32.4 Å². The summed E-state index contributed by atoms with van der Waals surface area (Å²) in [5.41, 5.74) is 2.06. The van der Waals surface area contributed by atoms with Crippen molar-refractivity contribution in [1.82, 2.24) is 0 Å². The van der Waals surface area contributed by atoms with Gasteiger partial charge >= 0.3 is 0 Å². The van der Waals surface area contributed by atoms with Gasteiger partial charge in [0, 0.05) is 64.0 Å². The Balaban J connectivity index is 0.000000528. The Morgan fingerprint density at radius 1 is 0.393 bits per heavy atom. The van der Waals surface area contributed by atoms with Crippen molar-refractivity contribution in [2.45, 2.75) is 189 Å². The van der Waals surface area contributed by atoms with Gasteiger partial charge in [0.15, 0.2) is 46.5 Å². The first-order valence-electron chi connectivity index (χ1n) is 29.7. The molecule has 2 nitrogen and oxygen atoms in total. The number of benzene rings is 7. The van der Waals surface area contributed by atoms with Crippen molar-refractivity contribution in [3.63, 3.8) is 0 Å². The smallest absolute Gasteiger partial charge is 0.200 e. The zero-order valence-corrected chi connectivity index (χ0v) is 58.7. The lowest BCUT2D eigenvalue weighted by Crippen LogP contribution is -2.57. The Labute approximate surface area is 528 Å². The van der Waals surface area contributed by atoms with Crippen molar-refractivity contribution in [3.8, 4) is 0 Å². The van der Waals surface area contributed by atoms with E-state index in [-0.39, 0.29) is 17.5 Å². The van der Waals surface area contributed by atoms with Crippen LogP contribution in [-0.2, 0) is 15.5 Å². The SMILES string of the molecule is CC(C)[Si](C)(c1ccccc1)c1ccccc1.CC(C)c1c(F)c(F)c(F)c(F)c1F.CC(C)c1c(F)c(F)cc(F)c1F.CC(C)c1c(F)cc(F)cc1F.CC(C)c1ccc(S(C)=O)cc1.CC(C)c1ccc([Si](C)(C)C(C)(C)C)cc1.COC(C)C. The highest BCUT2D eigenvalue weighted by atomic mass is 32.2. The van der Waals surface area contributed by atoms with Crippen molar-refractivity contribution in [3.05, 3.63) is 225 Å². The van der Waals surface area contributed by atoms with Crippen LogP contribution in [0.3, 0.4) is 0 Å². The van der Waals surface area contributed by atoms with Crippen molar-refractivity contribution >= 4 is 42.5 Å². The minimum absolute atomic E-state index is 0.0589. The van der Waals surface area contributed by atoms with Gasteiger partial charge in [-0.25, -0.2) is 52.7 Å². The molecule has 0 heterocycles. The maximum absolute atomic E-state index is 12.9. The van der Waals surface area contributed by atoms with Gasteiger partial charge in [0.2, 0.25) is 5.82 Å². The maximum atomic E-state index is 12.9. The molecule has 0 aliphatic rings. The fraction of sp³-hybridized carbons (Fsp3) is 0.417. The Bertz CT molecular complexity index is 3160. The van der Waals surface area contributed by atoms with Crippen LogP contribution in [0.25, 0.3) is 0 Å².